The van der Waals surface area contributed by atoms with Gasteiger partial charge in [-0.15, -0.1) is 0 Å². The topological polar surface area (TPSA) is 28.7 Å². The summed E-state index contributed by atoms with van der Waals surface area (Å²) in [5.74, 6) is 1.57. The molecule has 0 bridgehead atoms. The SMILES string of the molecule is CC.CCCC(C)CCC.CCc1nc(-c2ccc(C(F)(F)F)cc2)[nH]c1C. The number of halogens is 3. The Morgan fingerprint density at radius 2 is 1.46 bits per heavy atom. The number of benzene rings is 1. The van der Waals surface area contributed by atoms with Gasteiger partial charge in [-0.25, -0.2) is 4.98 Å². The molecule has 0 saturated carbocycles. The lowest BCUT2D eigenvalue weighted by molar-refractivity contribution is -0.137. The zero-order valence-corrected chi connectivity index (χ0v) is 18.5. The summed E-state index contributed by atoms with van der Waals surface area (Å²) in [6, 6.07) is 5.00. The fourth-order valence-corrected chi connectivity index (χ4v) is 2.92. The minimum atomic E-state index is -4.30. The van der Waals surface area contributed by atoms with Crippen molar-refractivity contribution < 1.29 is 13.2 Å². The molecule has 2 nitrogen and oxygen atoms in total. The Hall–Kier alpha value is -1.78. The van der Waals surface area contributed by atoms with Crippen molar-refractivity contribution in [3.63, 3.8) is 0 Å². The van der Waals surface area contributed by atoms with Crippen LogP contribution < -0.4 is 0 Å². The number of alkyl halides is 3. The van der Waals surface area contributed by atoms with Crippen molar-refractivity contribution in [2.24, 2.45) is 5.92 Å². The number of aryl methyl sites for hydroxylation is 2. The van der Waals surface area contributed by atoms with E-state index in [2.05, 4.69) is 30.7 Å². The van der Waals surface area contributed by atoms with Crippen LogP contribution in [-0.2, 0) is 12.6 Å². The Kier molecular flexibility index (Phi) is 12.6. The smallest absolute Gasteiger partial charge is 0.342 e. The lowest BCUT2D eigenvalue weighted by Crippen LogP contribution is -2.04. The van der Waals surface area contributed by atoms with Crippen LogP contribution in [0.25, 0.3) is 11.4 Å². The van der Waals surface area contributed by atoms with Crippen LogP contribution in [0.3, 0.4) is 0 Å². The molecule has 0 aliphatic rings. The van der Waals surface area contributed by atoms with Crippen LogP contribution in [0.2, 0.25) is 0 Å². The van der Waals surface area contributed by atoms with E-state index in [1.807, 2.05) is 27.7 Å². The summed E-state index contributed by atoms with van der Waals surface area (Å²) in [7, 11) is 0. The van der Waals surface area contributed by atoms with Crippen molar-refractivity contribution in [1.29, 1.82) is 0 Å². The first-order valence-corrected chi connectivity index (χ1v) is 10.5. The molecule has 1 aromatic heterocycles. The van der Waals surface area contributed by atoms with E-state index in [0.717, 1.165) is 35.9 Å². The fourth-order valence-electron chi connectivity index (χ4n) is 2.92. The van der Waals surface area contributed by atoms with Crippen molar-refractivity contribution in [3.8, 4) is 11.4 Å². The molecule has 0 unspecified atom stereocenters. The highest BCUT2D eigenvalue weighted by Gasteiger charge is 2.30. The van der Waals surface area contributed by atoms with Gasteiger partial charge in [-0.2, -0.15) is 13.2 Å². The van der Waals surface area contributed by atoms with Crippen LogP contribution in [0, 0.1) is 12.8 Å². The molecule has 2 aromatic rings. The summed E-state index contributed by atoms with van der Waals surface area (Å²) in [4.78, 5) is 7.43. The Morgan fingerprint density at radius 1 is 0.964 bits per heavy atom. The zero-order valence-electron chi connectivity index (χ0n) is 18.5. The number of aromatic nitrogens is 2. The van der Waals surface area contributed by atoms with Gasteiger partial charge in [-0.3, -0.25) is 0 Å². The molecule has 0 radical (unpaired) electrons. The minimum Gasteiger partial charge on any atom is -0.342 e. The molecule has 28 heavy (non-hydrogen) atoms. The number of imidazole rings is 1. The van der Waals surface area contributed by atoms with Gasteiger partial charge in [0.15, 0.2) is 0 Å². The van der Waals surface area contributed by atoms with Gasteiger partial charge in [0.2, 0.25) is 0 Å². The van der Waals surface area contributed by atoms with Crippen LogP contribution >= 0.6 is 0 Å². The van der Waals surface area contributed by atoms with E-state index < -0.39 is 11.7 Å². The number of rotatable bonds is 6. The molecule has 160 valence electrons. The average molecular weight is 399 g/mol. The molecule has 0 aliphatic carbocycles. The predicted molar refractivity (Wildman–Crippen MR) is 113 cm³/mol. The summed E-state index contributed by atoms with van der Waals surface area (Å²) in [6.45, 7) is 14.7. The number of nitrogens with one attached hydrogen (secondary N) is 1. The first-order chi connectivity index (χ1) is 13.2. The van der Waals surface area contributed by atoms with Crippen molar-refractivity contribution in [3.05, 3.63) is 41.2 Å². The number of aromatic amines is 1. The number of hydrogen-bond acceptors (Lipinski definition) is 1. The molecular formula is C23H37F3N2. The van der Waals surface area contributed by atoms with Crippen molar-refractivity contribution in [1.82, 2.24) is 9.97 Å². The number of hydrogen-bond donors (Lipinski definition) is 1. The van der Waals surface area contributed by atoms with Crippen LogP contribution in [0.4, 0.5) is 13.2 Å². The molecule has 1 heterocycles. The van der Waals surface area contributed by atoms with Gasteiger partial charge < -0.3 is 4.98 Å². The molecule has 0 amide bonds. The van der Waals surface area contributed by atoms with Gasteiger partial charge in [0, 0.05) is 11.3 Å². The zero-order chi connectivity index (χ0) is 21.7. The minimum absolute atomic E-state index is 0.609. The van der Waals surface area contributed by atoms with E-state index in [4.69, 9.17) is 0 Å². The van der Waals surface area contributed by atoms with Crippen molar-refractivity contribution in [2.45, 2.75) is 86.7 Å². The predicted octanol–water partition coefficient (Wildman–Crippen LogP) is 8.22. The third-order valence-electron chi connectivity index (χ3n) is 4.37. The normalized spacial score (nSPS) is 10.8. The summed E-state index contributed by atoms with van der Waals surface area (Å²) in [5.41, 5.74) is 1.90. The van der Waals surface area contributed by atoms with E-state index >= 15 is 0 Å². The lowest BCUT2D eigenvalue weighted by atomic mass is 10.0. The van der Waals surface area contributed by atoms with E-state index in [1.165, 1.54) is 37.8 Å². The van der Waals surface area contributed by atoms with E-state index in [0.29, 0.717) is 11.4 Å². The third-order valence-corrected chi connectivity index (χ3v) is 4.37. The number of H-pyrrole nitrogens is 1. The van der Waals surface area contributed by atoms with E-state index in [1.54, 1.807) is 0 Å². The molecule has 2 rings (SSSR count). The average Bonchev–Trinajstić information content (AvgIpc) is 3.05. The second-order valence-corrected chi connectivity index (χ2v) is 6.77. The van der Waals surface area contributed by atoms with Crippen LogP contribution in [0.5, 0.6) is 0 Å². The molecule has 0 atom stereocenters. The summed E-state index contributed by atoms with van der Waals surface area (Å²) in [5, 5.41) is 0. The third kappa shape index (κ3) is 8.94. The standard InChI is InChI=1S/C13H13F3N2.C8H18.C2H6/c1-3-11-8(2)17-12(18-11)9-4-6-10(7-5-9)13(14,15)16;1-4-6-8(3)7-5-2;1-2/h4-7H,3H2,1-2H3,(H,17,18);8H,4-7H2,1-3H3;1-2H3. The highest BCUT2D eigenvalue weighted by molar-refractivity contribution is 5.56. The maximum Gasteiger partial charge on any atom is 0.416 e. The first kappa shape index (κ1) is 26.2. The Labute approximate surface area is 169 Å². The molecule has 0 spiro atoms. The maximum absolute atomic E-state index is 12.4. The van der Waals surface area contributed by atoms with Gasteiger partial charge in [-0.05, 0) is 31.4 Å². The van der Waals surface area contributed by atoms with Crippen molar-refractivity contribution in [2.75, 3.05) is 0 Å². The first-order valence-electron chi connectivity index (χ1n) is 10.5. The fraction of sp³-hybridized carbons (Fsp3) is 0.609. The molecule has 5 heteroatoms. The van der Waals surface area contributed by atoms with Gasteiger partial charge in [-0.1, -0.05) is 79.4 Å². The van der Waals surface area contributed by atoms with Gasteiger partial charge in [0.05, 0.1) is 11.3 Å². The number of nitrogens with zero attached hydrogens (tertiary/aromatic N) is 1. The molecule has 1 aromatic carbocycles. The van der Waals surface area contributed by atoms with Gasteiger partial charge in [0.1, 0.15) is 5.82 Å². The Morgan fingerprint density at radius 3 is 1.82 bits per heavy atom. The highest BCUT2D eigenvalue weighted by Crippen LogP contribution is 2.30. The van der Waals surface area contributed by atoms with Gasteiger partial charge >= 0.3 is 6.18 Å². The lowest BCUT2D eigenvalue weighted by Gasteiger charge is -2.06. The van der Waals surface area contributed by atoms with E-state index in [9.17, 15) is 13.2 Å². The van der Waals surface area contributed by atoms with Crippen LogP contribution in [-0.4, -0.2) is 9.97 Å². The Balaban J connectivity index is 0.000000618. The summed E-state index contributed by atoms with van der Waals surface area (Å²) < 4.78 is 37.3. The summed E-state index contributed by atoms with van der Waals surface area (Å²) >= 11 is 0. The van der Waals surface area contributed by atoms with Crippen molar-refractivity contribution >= 4 is 0 Å². The molecular weight excluding hydrogens is 361 g/mol. The summed E-state index contributed by atoms with van der Waals surface area (Å²) in [6.07, 6.45) is 2.01. The quantitative estimate of drug-likeness (QED) is 0.522. The molecule has 0 aliphatic heterocycles. The molecule has 1 N–H and O–H groups in total. The van der Waals surface area contributed by atoms with Crippen LogP contribution in [0.1, 0.15) is 84.2 Å². The van der Waals surface area contributed by atoms with Crippen LogP contribution in [0.15, 0.2) is 24.3 Å². The second-order valence-electron chi connectivity index (χ2n) is 6.77. The molecule has 0 fully saturated rings. The van der Waals surface area contributed by atoms with E-state index in [-0.39, 0.29) is 0 Å². The monoisotopic (exact) mass is 398 g/mol. The molecule has 0 saturated heterocycles. The largest absolute Gasteiger partial charge is 0.416 e. The maximum atomic E-state index is 12.4. The van der Waals surface area contributed by atoms with Gasteiger partial charge in [0.25, 0.3) is 0 Å². The second kappa shape index (κ2) is 13.4. The Bertz CT molecular complexity index is 637. The highest BCUT2D eigenvalue weighted by atomic mass is 19.4.